The average Bonchev–Trinajstić information content (AvgIpc) is 3.15. The smallest absolute Gasteiger partial charge is 0.304 e. The summed E-state index contributed by atoms with van der Waals surface area (Å²) in [6.07, 6.45) is 5.54. The Labute approximate surface area is 182 Å². The van der Waals surface area contributed by atoms with Crippen molar-refractivity contribution < 1.29 is 19.4 Å². The fourth-order valence-corrected chi connectivity index (χ4v) is 3.98. The van der Waals surface area contributed by atoms with Gasteiger partial charge in [0.1, 0.15) is 29.5 Å². The zero-order valence-electron chi connectivity index (χ0n) is 18.2. The highest BCUT2D eigenvalue weighted by atomic mass is 16.5. The van der Waals surface area contributed by atoms with Gasteiger partial charge in [0, 0.05) is 19.4 Å². The van der Waals surface area contributed by atoms with Crippen molar-refractivity contribution in [3.05, 3.63) is 77.4 Å². The Bertz CT molecular complexity index is 1070. The standard InChI is InChI=1S/C25H28N2O4/c1-25(2)11-10-19-5-4-17(14-22(19)31-25)16-30-20-8-6-18(7-9-20)21(15-23(28)29)24-26-12-13-27(24)3/h4-9,12-14,21H,10-11,15-16H2,1-3H3,(H,28,29). The largest absolute Gasteiger partial charge is 0.489 e. The van der Waals surface area contributed by atoms with Gasteiger partial charge in [-0.3, -0.25) is 4.79 Å². The Morgan fingerprint density at radius 2 is 2.03 bits per heavy atom. The Balaban J connectivity index is 1.45. The van der Waals surface area contributed by atoms with Crippen LogP contribution in [0.25, 0.3) is 0 Å². The molecule has 31 heavy (non-hydrogen) atoms. The lowest BCUT2D eigenvalue weighted by Gasteiger charge is -2.32. The molecule has 1 unspecified atom stereocenters. The van der Waals surface area contributed by atoms with Crippen molar-refractivity contribution in [3.8, 4) is 11.5 Å². The fraction of sp³-hybridized carbons (Fsp3) is 0.360. The van der Waals surface area contributed by atoms with Gasteiger partial charge in [0.2, 0.25) is 0 Å². The number of nitrogens with zero attached hydrogens (tertiary/aromatic N) is 2. The molecule has 162 valence electrons. The van der Waals surface area contributed by atoms with Crippen molar-refractivity contribution in [2.75, 3.05) is 0 Å². The van der Waals surface area contributed by atoms with Gasteiger partial charge in [-0.25, -0.2) is 4.98 Å². The first-order valence-electron chi connectivity index (χ1n) is 10.5. The molecule has 0 spiro atoms. The number of carboxylic acids is 1. The third-order valence-corrected chi connectivity index (χ3v) is 5.75. The van der Waals surface area contributed by atoms with E-state index in [0.717, 1.165) is 41.3 Å². The number of fused-ring (bicyclic) bond motifs is 1. The van der Waals surface area contributed by atoms with E-state index in [0.29, 0.717) is 6.61 Å². The fourth-order valence-electron chi connectivity index (χ4n) is 3.98. The van der Waals surface area contributed by atoms with Gasteiger partial charge >= 0.3 is 5.97 Å². The maximum absolute atomic E-state index is 11.4. The van der Waals surface area contributed by atoms with Crippen molar-refractivity contribution in [2.45, 2.75) is 51.2 Å². The number of ether oxygens (including phenoxy) is 2. The molecule has 1 aliphatic heterocycles. The molecule has 1 atom stereocenters. The molecule has 1 aromatic heterocycles. The first-order valence-corrected chi connectivity index (χ1v) is 10.5. The van der Waals surface area contributed by atoms with Crippen LogP contribution in [-0.4, -0.2) is 26.2 Å². The third kappa shape index (κ3) is 4.90. The van der Waals surface area contributed by atoms with Crippen LogP contribution in [0, 0.1) is 0 Å². The molecule has 0 fully saturated rings. The van der Waals surface area contributed by atoms with Crippen LogP contribution in [0.2, 0.25) is 0 Å². The van der Waals surface area contributed by atoms with Crippen molar-refractivity contribution in [1.82, 2.24) is 9.55 Å². The number of hydrogen-bond acceptors (Lipinski definition) is 4. The number of aryl methyl sites for hydroxylation is 2. The summed E-state index contributed by atoms with van der Waals surface area (Å²) in [6, 6.07) is 13.9. The lowest BCUT2D eigenvalue weighted by atomic mass is 9.93. The van der Waals surface area contributed by atoms with Crippen LogP contribution in [0.5, 0.6) is 11.5 Å². The van der Waals surface area contributed by atoms with Crippen LogP contribution < -0.4 is 9.47 Å². The topological polar surface area (TPSA) is 73.6 Å². The second-order valence-corrected chi connectivity index (χ2v) is 8.71. The summed E-state index contributed by atoms with van der Waals surface area (Å²) in [7, 11) is 1.87. The number of hydrogen-bond donors (Lipinski definition) is 1. The zero-order chi connectivity index (χ0) is 22.0. The van der Waals surface area contributed by atoms with E-state index in [-0.39, 0.29) is 17.9 Å². The van der Waals surface area contributed by atoms with E-state index in [1.54, 1.807) is 6.20 Å². The molecule has 0 bridgehead atoms. The van der Waals surface area contributed by atoms with Gasteiger partial charge in [0.05, 0.1) is 12.3 Å². The van der Waals surface area contributed by atoms with Gasteiger partial charge in [-0.05, 0) is 61.6 Å². The summed E-state index contributed by atoms with van der Waals surface area (Å²) in [5, 5.41) is 9.34. The normalized spacial score (nSPS) is 15.6. The van der Waals surface area contributed by atoms with Crippen LogP contribution in [0.4, 0.5) is 0 Å². The van der Waals surface area contributed by atoms with Crippen molar-refractivity contribution >= 4 is 5.97 Å². The molecule has 1 N–H and O–H groups in total. The van der Waals surface area contributed by atoms with E-state index in [1.165, 1.54) is 5.56 Å². The zero-order valence-corrected chi connectivity index (χ0v) is 18.2. The number of rotatable bonds is 7. The van der Waals surface area contributed by atoms with E-state index in [1.807, 2.05) is 42.1 Å². The van der Waals surface area contributed by atoms with Crippen LogP contribution in [0.15, 0.2) is 54.9 Å². The Hall–Kier alpha value is -3.28. The van der Waals surface area contributed by atoms with Crippen LogP contribution in [0.3, 0.4) is 0 Å². The lowest BCUT2D eigenvalue weighted by molar-refractivity contribution is -0.137. The van der Waals surface area contributed by atoms with Gasteiger partial charge in [-0.2, -0.15) is 0 Å². The lowest BCUT2D eigenvalue weighted by Crippen LogP contribution is -2.32. The highest BCUT2D eigenvalue weighted by Crippen LogP contribution is 2.34. The molecule has 4 rings (SSSR count). The Morgan fingerprint density at radius 3 is 2.71 bits per heavy atom. The van der Waals surface area contributed by atoms with Gasteiger partial charge in [0.15, 0.2) is 0 Å². The highest BCUT2D eigenvalue weighted by Gasteiger charge is 2.26. The first-order chi connectivity index (χ1) is 14.8. The van der Waals surface area contributed by atoms with Crippen molar-refractivity contribution in [3.63, 3.8) is 0 Å². The molecule has 0 amide bonds. The molecule has 0 saturated carbocycles. The number of carboxylic acid groups (broad SMARTS) is 1. The quantitative estimate of drug-likeness (QED) is 0.599. The third-order valence-electron chi connectivity index (χ3n) is 5.75. The highest BCUT2D eigenvalue weighted by molar-refractivity contribution is 5.68. The van der Waals surface area contributed by atoms with Crippen LogP contribution in [0.1, 0.15) is 55.1 Å². The summed E-state index contributed by atoms with van der Waals surface area (Å²) in [6.45, 7) is 4.67. The second kappa shape index (κ2) is 8.46. The maximum atomic E-state index is 11.4. The van der Waals surface area contributed by atoms with Crippen molar-refractivity contribution in [1.29, 1.82) is 0 Å². The molecule has 2 aromatic carbocycles. The van der Waals surface area contributed by atoms with Gasteiger partial charge < -0.3 is 19.1 Å². The predicted molar refractivity (Wildman–Crippen MR) is 118 cm³/mol. The molecule has 0 saturated heterocycles. The van der Waals surface area contributed by atoms with Gasteiger partial charge in [-0.1, -0.05) is 24.3 Å². The van der Waals surface area contributed by atoms with Crippen LogP contribution in [-0.2, 0) is 24.9 Å². The molecular weight excluding hydrogens is 392 g/mol. The van der Waals surface area contributed by atoms with Crippen molar-refractivity contribution in [2.24, 2.45) is 7.05 Å². The summed E-state index contributed by atoms with van der Waals surface area (Å²) in [5.41, 5.74) is 3.05. The molecule has 0 aliphatic carbocycles. The molecule has 2 heterocycles. The van der Waals surface area contributed by atoms with Crippen LogP contribution >= 0.6 is 0 Å². The Kier molecular flexibility index (Phi) is 5.72. The average molecular weight is 421 g/mol. The number of benzene rings is 2. The van der Waals surface area contributed by atoms with E-state index in [9.17, 15) is 9.90 Å². The van der Waals surface area contributed by atoms with Gasteiger partial charge in [0.25, 0.3) is 0 Å². The molecule has 1 aliphatic rings. The maximum Gasteiger partial charge on any atom is 0.304 e. The minimum Gasteiger partial charge on any atom is -0.489 e. The molecular formula is C25H28N2O4. The molecule has 6 nitrogen and oxygen atoms in total. The summed E-state index contributed by atoms with van der Waals surface area (Å²) < 4.78 is 14.0. The second-order valence-electron chi connectivity index (χ2n) is 8.71. The predicted octanol–water partition coefficient (Wildman–Crippen LogP) is 4.71. The number of imidazole rings is 1. The van der Waals surface area contributed by atoms with E-state index in [4.69, 9.17) is 9.47 Å². The van der Waals surface area contributed by atoms with Gasteiger partial charge in [-0.15, -0.1) is 0 Å². The summed E-state index contributed by atoms with van der Waals surface area (Å²) >= 11 is 0. The van der Waals surface area contributed by atoms with E-state index < -0.39 is 5.97 Å². The summed E-state index contributed by atoms with van der Waals surface area (Å²) in [5.74, 6) is 1.24. The molecule has 0 radical (unpaired) electrons. The first kappa shape index (κ1) is 21.0. The minimum absolute atomic E-state index is 0.0173. The SMILES string of the molecule is Cn1ccnc1C(CC(=O)O)c1ccc(OCc2ccc3c(c2)OC(C)(C)CC3)cc1. The summed E-state index contributed by atoms with van der Waals surface area (Å²) in [4.78, 5) is 15.7. The monoisotopic (exact) mass is 420 g/mol. The van der Waals surface area contributed by atoms with E-state index in [2.05, 4.69) is 37.0 Å². The molecule has 6 heteroatoms. The molecule has 3 aromatic rings. The minimum atomic E-state index is -0.855. The Morgan fingerprint density at radius 1 is 1.26 bits per heavy atom. The number of carbonyl (C=O) groups is 1. The number of aliphatic carboxylic acids is 1. The van der Waals surface area contributed by atoms with E-state index >= 15 is 0 Å². The number of aromatic nitrogens is 2.